The van der Waals surface area contributed by atoms with Crippen LogP contribution in [0.3, 0.4) is 0 Å². The van der Waals surface area contributed by atoms with Gasteiger partial charge in [-0.3, -0.25) is 0 Å². The van der Waals surface area contributed by atoms with Crippen LogP contribution in [0.5, 0.6) is 0 Å². The first kappa shape index (κ1) is 15.7. The molecular weight excluding hydrogens is 308 g/mol. The van der Waals surface area contributed by atoms with Gasteiger partial charge in [-0.25, -0.2) is 0 Å². The molecular formula is C23H24S. The summed E-state index contributed by atoms with van der Waals surface area (Å²) >= 11 is 1.97. The fraction of sp³-hybridized carbons (Fsp3) is 0.304. The van der Waals surface area contributed by atoms with Crippen LogP contribution in [-0.4, -0.2) is 0 Å². The Balaban J connectivity index is 2.40. The summed E-state index contributed by atoms with van der Waals surface area (Å²) in [4.78, 5) is 0. The third kappa shape index (κ3) is 2.11. The van der Waals surface area contributed by atoms with Gasteiger partial charge in [-0.1, -0.05) is 51.1 Å². The second-order valence-electron chi connectivity index (χ2n) is 8.06. The highest BCUT2D eigenvalue weighted by Crippen LogP contribution is 2.47. The summed E-state index contributed by atoms with van der Waals surface area (Å²) < 4.78 is 2.89. The number of hydrogen-bond donors (Lipinski definition) is 0. The van der Waals surface area contributed by atoms with Crippen LogP contribution in [0.2, 0.25) is 0 Å². The summed E-state index contributed by atoms with van der Waals surface area (Å²) in [6.07, 6.45) is 0. The zero-order valence-electron chi connectivity index (χ0n) is 15.4. The summed E-state index contributed by atoms with van der Waals surface area (Å²) in [5.74, 6) is 0. The van der Waals surface area contributed by atoms with Crippen molar-refractivity contribution >= 4 is 42.3 Å². The lowest BCUT2D eigenvalue weighted by atomic mass is 9.81. The number of thiophene rings is 1. The molecule has 122 valence electrons. The number of hydrogen-bond acceptors (Lipinski definition) is 1. The Bertz CT molecular complexity index is 1100. The molecule has 0 N–H and O–H groups in total. The molecule has 4 aromatic rings. The number of fused-ring (bicyclic) bond motifs is 5. The van der Waals surface area contributed by atoms with Crippen LogP contribution >= 0.6 is 11.3 Å². The first-order valence-electron chi connectivity index (χ1n) is 8.64. The molecule has 0 unspecified atom stereocenters. The van der Waals surface area contributed by atoms with Crippen molar-refractivity contribution in [2.45, 2.75) is 47.0 Å². The van der Waals surface area contributed by atoms with Crippen LogP contribution in [0.4, 0.5) is 0 Å². The van der Waals surface area contributed by atoms with Crippen molar-refractivity contribution in [2.75, 3.05) is 0 Å². The molecule has 0 aliphatic carbocycles. The molecule has 0 aliphatic rings. The second kappa shape index (κ2) is 5.07. The monoisotopic (exact) mass is 332 g/mol. The highest BCUT2D eigenvalue weighted by atomic mass is 32.1. The van der Waals surface area contributed by atoms with Crippen LogP contribution < -0.4 is 0 Å². The standard InChI is InChI=1S/C23H24S/c1-13-11-14(2)19-18(12-13)24-22-20(19)17-10-8-7-9-16(17)15(3)21(22)23(4,5)6/h7-12H,1-6H3. The van der Waals surface area contributed by atoms with Gasteiger partial charge in [0, 0.05) is 20.2 Å². The molecule has 1 aromatic heterocycles. The SMILES string of the molecule is Cc1cc(C)c2c(c1)sc1c(C(C)(C)C)c(C)c3ccccc3c12. The first-order chi connectivity index (χ1) is 11.3. The Morgan fingerprint density at radius 3 is 2.17 bits per heavy atom. The van der Waals surface area contributed by atoms with E-state index < -0.39 is 0 Å². The van der Waals surface area contributed by atoms with Crippen molar-refractivity contribution in [1.82, 2.24) is 0 Å². The topological polar surface area (TPSA) is 0 Å². The van der Waals surface area contributed by atoms with Gasteiger partial charge in [0.25, 0.3) is 0 Å². The molecule has 1 heteroatoms. The summed E-state index contributed by atoms with van der Waals surface area (Å²) in [5.41, 5.74) is 5.83. The molecule has 0 spiro atoms. The molecule has 0 saturated heterocycles. The van der Waals surface area contributed by atoms with Crippen molar-refractivity contribution in [3.8, 4) is 0 Å². The van der Waals surface area contributed by atoms with E-state index in [9.17, 15) is 0 Å². The second-order valence-corrected chi connectivity index (χ2v) is 9.11. The smallest absolute Gasteiger partial charge is 0.0401 e. The Labute approximate surface area is 148 Å². The molecule has 0 radical (unpaired) electrons. The molecule has 3 aromatic carbocycles. The Morgan fingerprint density at radius 2 is 1.50 bits per heavy atom. The van der Waals surface area contributed by atoms with Crippen LogP contribution in [-0.2, 0) is 5.41 Å². The fourth-order valence-corrected chi connectivity index (χ4v) is 5.98. The average Bonchev–Trinajstić information content (AvgIpc) is 2.85. The van der Waals surface area contributed by atoms with Crippen LogP contribution in [0, 0.1) is 20.8 Å². The number of benzene rings is 3. The minimum Gasteiger partial charge on any atom is -0.135 e. The van der Waals surface area contributed by atoms with E-state index in [4.69, 9.17) is 0 Å². The molecule has 24 heavy (non-hydrogen) atoms. The van der Waals surface area contributed by atoms with Gasteiger partial charge in [-0.15, -0.1) is 11.3 Å². The van der Waals surface area contributed by atoms with Gasteiger partial charge in [0.1, 0.15) is 0 Å². The van der Waals surface area contributed by atoms with E-state index in [2.05, 4.69) is 77.9 Å². The zero-order valence-corrected chi connectivity index (χ0v) is 16.2. The van der Waals surface area contributed by atoms with Crippen molar-refractivity contribution in [3.63, 3.8) is 0 Å². The van der Waals surface area contributed by atoms with Crippen molar-refractivity contribution in [3.05, 3.63) is 58.7 Å². The summed E-state index contributed by atoms with van der Waals surface area (Å²) in [6.45, 7) is 13.8. The highest BCUT2D eigenvalue weighted by Gasteiger charge is 2.24. The van der Waals surface area contributed by atoms with Gasteiger partial charge < -0.3 is 0 Å². The molecule has 4 rings (SSSR count). The number of aryl methyl sites for hydroxylation is 3. The van der Waals surface area contributed by atoms with Crippen molar-refractivity contribution in [1.29, 1.82) is 0 Å². The Hall–Kier alpha value is -1.86. The van der Waals surface area contributed by atoms with Gasteiger partial charge in [0.2, 0.25) is 0 Å². The van der Waals surface area contributed by atoms with Crippen molar-refractivity contribution in [2.24, 2.45) is 0 Å². The molecule has 0 nitrogen and oxygen atoms in total. The molecule has 0 atom stereocenters. The molecule has 0 saturated carbocycles. The lowest BCUT2D eigenvalue weighted by Gasteiger charge is -2.24. The van der Waals surface area contributed by atoms with Crippen LogP contribution in [0.25, 0.3) is 30.9 Å². The molecule has 0 aliphatic heterocycles. The van der Waals surface area contributed by atoms with Gasteiger partial charge in [0.05, 0.1) is 0 Å². The first-order valence-corrected chi connectivity index (χ1v) is 9.46. The van der Waals surface area contributed by atoms with E-state index in [1.165, 1.54) is 53.2 Å². The largest absolute Gasteiger partial charge is 0.135 e. The predicted molar refractivity (Wildman–Crippen MR) is 110 cm³/mol. The molecule has 0 fully saturated rings. The summed E-state index contributed by atoms with van der Waals surface area (Å²) in [7, 11) is 0. The van der Waals surface area contributed by atoms with E-state index >= 15 is 0 Å². The Morgan fingerprint density at radius 1 is 0.833 bits per heavy atom. The van der Waals surface area contributed by atoms with E-state index in [0.717, 1.165) is 0 Å². The number of rotatable bonds is 0. The van der Waals surface area contributed by atoms with Gasteiger partial charge in [-0.2, -0.15) is 0 Å². The molecule has 1 heterocycles. The van der Waals surface area contributed by atoms with Crippen LogP contribution in [0.15, 0.2) is 36.4 Å². The third-order valence-corrected chi connectivity index (χ3v) is 6.24. The lowest BCUT2D eigenvalue weighted by molar-refractivity contribution is 0.594. The maximum atomic E-state index is 2.35. The maximum absolute atomic E-state index is 2.35. The fourth-order valence-electron chi connectivity index (χ4n) is 4.27. The van der Waals surface area contributed by atoms with Crippen LogP contribution in [0.1, 0.15) is 43.0 Å². The third-order valence-electron chi connectivity index (χ3n) is 5.09. The summed E-state index contributed by atoms with van der Waals surface area (Å²) in [5, 5.41) is 5.70. The van der Waals surface area contributed by atoms with Gasteiger partial charge in [0.15, 0.2) is 0 Å². The van der Waals surface area contributed by atoms with Gasteiger partial charge in [-0.05, 0) is 65.3 Å². The summed E-state index contributed by atoms with van der Waals surface area (Å²) in [6, 6.07) is 13.6. The van der Waals surface area contributed by atoms with E-state index in [0.29, 0.717) is 0 Å². The van der Waals surface area contributed by atoms with Crippen molar-refractivity contribution < 1.29 is 0 Å². The molecule has 0 bridgehead atoms. The van der Waals surface area contributed by atoms with Gasteiger partial charge >= 0.3 is 0 Å². The minimum absolute atomic E-state index is 0.135. The predicted octanol–water partition coefficient (Wildman–Crippen LogP) is 7.43. The lowest BCUT2D eigenvalue weighted by Crippen LogP contribution is -2.13. The van der Waals surface area contributed by atoms with E-state index in [-0.39, 0.29) is 5.41 Å². The average molecular weight is 333 g/mol. The van der Waals surface area contributed by atoms with E-state index in [1.807, 2.05) is 11.3 Å². The van der Waals surface area contributed by atoms with E-state index in [1.54, 1.807) is 0 Å². The zero-order chi connectivity index (χ0) is 17.2. The maximum Gasteiger partial charge on any atom is 0.0401 e. The molecule has 0 amide bonds. The normalized spacial score (nSPS) is 12.6. The quantitative estimate of drug-likeness (QED) is 0.314. The Kier molecular flexibility index (Phi) is 3.30. The minimum atomic E-state index is 0.135. The highest BCUT2D eigenvalue weighted by molar-refractivity contribution is 7.26.